The number of carboxylic acids is 1. The molecule has 70 valence electrons. The van der Waals surface area contributed by atoms with Crippen LogP contribution in [-0.4, -0.2) is 42.5 Å². The third-order valence-corrected chi connectivity index (χ3v) is 2.14. The van der Waals surface area contributed by atoms with Gasteiger partial charge in [-0.3, -0.25) is 4.79 Å². The molecule has 1 rings (SSSR count). The van der Waals surface area contributed by atoms with Crippen LogP contribution in [0.3, 0.4) is 0 Å². The predicted molar refractivity (Wildman–Crippen MR) is 38.2 cm³/mol. The minimum absolute atomic E-state index is 0.229. The van der Waals surface area contributed by atoms with Gasteiger partial charge in [-0.25, -0.2) is 8.78 Å². The Morgan fingerprint density at radius 2 is 2.17 bits per heavy atom. The Hall–Kier alpha value is -0.710. The van der Waals surface area contributed by atoms with Crippen LogP contribution in [0.2, 0.25) is 0 Å². The third kappa shape index (κ3) is 1.55. The number of carbonyl (C=O) groups is 1. The highest BCUT2D eigenvalue weighted by Crippen LogP contribution is 2.35. The lowest BCUT2D eigenvalue weighted by Gasteiger charge is -2.45. The molecule has 0 saturated carbocycles. The van der Waals surface area contributed by atoms with Crippen LogP contribution in [0.1, 0.15) is 6.42 Å². The van der Waals surface area contributed by atoms with E-state index in [1.54, 1.807) is 11.9 Å². The van der Waals surface area contributed by atoms with Crippen LogP contribution < -0.4 is 0 Å². The van der Waals surface area contributed by atoms with Gasteiger partial charge in [0, 0.05) is 19.5 Å². The fraction of sp³-hybridized carbons (Fsp3) is 0.857. The molecule has 0 bridgehead atoms. The quantitative estimate of drug-likeness (QED) is 0.691. The maximum absolute atomic E-state index is 12.0. The number of carboxylic acid groups (broad SMARTS) is 1. The summed E-state index contributed by atoms with van der Waals surface area (Å²) in [6.07, 6.45) is -3.07. The van der Waals surface area contributed by atoms with Gasteiger partial charge < -0.3 is 10.0 Å². The van der Waals surface area contributed by atoms with Crippen LogP contribution in [0.5, 0.6) is 0 Å². The SMILES string of the molecule is CN1CC(CC(F)F)(C(=O)O)C1. The predicted octanol–water partition coefficient (Wildman–Crippen LogP) is 0.658. The number of aliphatic carboxylic acids is 1. The first kappa shape index (κ1) is 9.38. The molecule has 3 nitrogen and oxygen atoms in total. The molecule has 1 saturated heterocycles. The first-order chi connectivity index (χ1) is 5.46. The molecule has 12 heavy (non-hydrogen) atoms. The molecule has 0 amide bonds. The van der Waals surface area contributed by atoms with E-state index in [0.29, 0.717) is 0 Å². The van der Waals surface area contributed by atoms with Crippen LogP contribution in [0.25, 0.3) is 0 Å². The van der Waals surface area contributed by atoms with E-state index in [9.17, 15) is 13.6 Å². The minimum atomic E-state index is -2.53. The number of nitrogens with zero attached hydrogens (tertiary/aromatic N) is 1. The number of alkyl halides is 2. The molecule has 0 aromatic heterocycles. The van der Waals surface area contributed by atoms with Crippen LogP contribution >= 0.6 is 0 Å². The van der Waals surface area contributed by atoms with Crippen molar-refractivity contribution in [3.8, 4) is 0 Å². The van der Waals surface area contributed by atoms with E-state index in [-0.39, 0.29) is 13.1 Å². The lowest BCUT2D eigenvalue weighted by atomic mass is 9.77. The molecule has 1 aliphatic heterocycles. The van der Waals surface area contributed by atoms with E-state index in [0.717, 1.165) is 0 Å². The monoisotopic (exact) mass is 179 g/mol. The van der Waals surface area contributed by atoms with Crippen LogP contribution in [-0.2, 0) is 4.79 Å². The van der Waals surface area contributed by atoms with Crippen molar-refractivity contribution in [2.75, 3.05) is 20.1 Å². The average Bonchev–Trinajstić information content (AvgIpc) is 1.81. The molecule has 1 fully saturated rings. The zero-order valence-corrected chi connectivity index (χ0v) is 6.76. The lowest BCUT2D eigenvalue weighted by Crippen LogP contribution is -2.59. The van der Waals surface area contributed by atoms with Crippen molar-refractivity contribution in [1.82, 2.24) is 4.90 Å². The van der Waals surface area contributed by atoms with E-state index in [1.165, 1.54) is 0 Å². The van der Waals surface area contributed by atoms with E-state index in [4.69, 9.17) is 5.11 Å². The van der Waals surface area contributed by atoms with Crippen LogP contribution in [0.4, 0.5) is 8.78 Å². The molecule has 0 unspecified atom stereocenters. The highest BCUT2D eigenvalue weighted by atomic mass is 19.3. The third-order valence-electron chi connectivity index (χ3n) is 2.14. The average molecular weight is 179 g/mol. The number of likely N-dealkylation sites (tertiary alicyclic amines) is 1. The summed E-state index contributed by atoms with van der Waals surface area (Å²) in [4.78, 5) is 12.3. The van der Waals surface area contributed by atoms with E-state index < -0.39 is 24.2 Å². The summed E-state index contributed by atoms with van der Waals surface area (Å²) in [7, 11) is 1.71. The summed E-state index contributed by atoms with van der Waals surface area (Å²) < 4.78 is 23.9. The van der Waals surface area contributed by atoms with Crippen molar-refractivity contribution in [3.63, 3.8) is 0 Å². The first-order valence-electron chi connectivity index (χ1n) is 3.66. The molecule has 0 atom stereocenters. The number of rotatable bonds is 3. The van der Waals surface area contributed by atoms with Crippen molar-refractivity contribution < 1.29 is 18.7 Å². The van der Waals surface area contributed by atoms with Crippen molar-refractivity contribution in [3.05, 3.63) is 0 Å². The highest BCUT2D eigenvalue weighted by molar-refractivity contribution is 5.76. The minimum Gasteiger partial charge on any atom is -0.481 e. The van der Waals surface area contributed by atoms with Crippen molar-refractivity contribution in [2.45, 2.75) is 12.8 Å². The lowest BCUT2D eigenvalue weighted by molar-refractivity contribution is -0.163. The van der Waals surface area contributed by atoms with Gasteiger partial charge in [-0.2, -0.15) is 0 Å². The Kier molecular flexibility index (Phi) is 2.32. The maximum Gasteiger partial charge on any atom is 0.312 e. The second kappa shape index (κ2) is 2.97. The molecular weight excluding hydrogens is 168 g/mol. The summed E-state index contributed by atoms with van der Waals surface area (Å²) in [6.45, 7) is 0.458. The van der Waals surface area contributed by atoms with Gasteiger partial charge in [0.15, 0.2) is 0 Å². The molecule has 0 spiro atoms. The zero-order chi connectivity index (χ0) is 9.35. The van der Waals surface area contributed by atoms with E-state index in [1.807, 2.05) is 0 Å². The Balaban J connectivity index is 2.57. The summed E-state index contributed by atoms with van der Waals surface area (Å²) in [5.41, 5.74) is -1.19. The molecule has 1 N–H and O–H groups in total. The highest BCUT2D eigenvalue weighted by Gasteiger charge is 2.49. The summed E-state index contributed by atoms with van der Waals surface area (Å²) in [5.74, 6) is -1.11. The van der Waals surface area contributed by atoms with Crippen molar-refractivity contribution in [2.24, 2.45) is 5.41 Å². The second-order valence-electron chi connectivity index (χ2n) is 3.35. The van der Waals surface area contributed by atoms with Gasteiger partial charge in [0.25, 0.3) is 0 Å². The van der Waals surface area contributed by atoms with Gasteiger partial charge in [0.2, 0.25) is 6.43 Å². The Labute approximate surface area is 69.0 Å². The van der Waals surface area contributed by atoms with Gasteiger partial charge in [0.1, 0.15) is 0 Å². The molecule has 0 aliphatic carbocycles. The van der Waals surface area contributed by atoms with Gasteiger partial charge >= 0.3 is 5.97 Å². The maximum atomic E-state index is 12.0. The topological polar surface area (TPSA) is 40.5 Å². The Bertz CT molecular complexity index is 190. The second-order valence-corrected chi connectivity index (χ2v) is 3.35. The van der Waals surface area contributed by atoms with Crippen LogP contribution in [0.15, 0.2) is 0 Å². The van der Waals surface area contributed by atoms with Gasteiger partial charge in [-0.15, -0.1) is 0 Å². The smallest absolute Gasteiger partial charge is 0.312 e. The molecule has 0 radical (unpaired) electrons. The Morgan fingerprint density at radius 3 is 2.42 bits per heavy atom. The van der Waals surface area contributed by atoms with E-state index in [2.05, 4.69) is 0 Å². The zero-order valence-electron chi connectivity index (χ0n) is 6.76. The standard InChI is InChI=1S/C7H11F2NO2/c1-10-3-7(4-10,6(11)12)2-5(8)9/h5H,2-4H2,1H3,(H,11,12). The number of halogens is 2. The first-order valence-corrected chi connectivity index (χ1v) is 3.66. The molecule has 1 aliphatic rings. The summed E-state index contributed by atoms with van der Waals surface area (Å²) >= 11 is 0. The van der Waals surface area contributed by atoms with Gasteiger partial charge in [-0.1, -0.05) is 0 Å². The van der Waals surface area contributed by atoms with Crippen molar-refractivity contribution in [1.29, 1.82) is 0 Å². The molecular formula is C7H11F2NO2. The summed E-state index contributed by atoms with van der Waals surface area (Å²) in [5, 5.41) is 8.69. The number of hydrogen-bond donors (Lipinski definition) is 1. The fourth-order valence-corrected chi connectivity index (χ4v) is 1.63. The normalized spacial score (nSPS) is 22.3. The fourth-order valence-electron chi connectivity index (χ4n) is 1.63. The molecule has 0 aromatic rings. The van der Waals surface area contributed by atoms with Gasteiger partial charge in [0.05, 0.1) is 5.41 Å². The summed E-state index contributed by atoms with van der Waals surface area (Å²) in [6, 6.07) is 0. The molecule has 5 heteroatoms. The van der Waals surface area contributed by atoms with Crippen LogP contribution in [0, 0.1) is 5.41 Å². The molecule has 0 aromatic carbocycles. The van der Waals surface area contributed by atoms with E-state index >= 15 is 0 Å². The van der Waals surface area contributed by atoms with Crippen molar-refractivity contribution >= 4 is 5.97 Å². The Morgan fingerprint density at radius 1 is 1.67 bits per heavy atom. The molecule has 1 heterocycles. The van der Waals surface area contributed by atoms with Gasteiger partial charge in [-0.05, 0) is 7.05 Å². The number of hydrogen-bond acceptors (Lipinski definition) is 2. The largest absolute Gasteiger partial charge is 0.481 e.